The molecule has 0 aliphatic carbocycles. The Bertz CT molecular complexity index is 152. The molecule has 3 nitrogen and oxygen atoms in total. The van der Waals surface area contributed by atoms with Gasteiger partial charge in [-0.05, 0) is 12.5 Å². The molecule has 0 radical (unpaired) electrons. The molecule has 0 atom stereocenters. The summed E-state index contributed by atoms with van der Waals surface area (Å²) in [5.74, 6) is 0. The number of aliphatic imine (C=N–C) groups is 1. The van der Waals surface area contributed by atoms with Crippen molar-refractivity contribution < 1.29 is 0 Å². The molecule has 1 aliphatic rings. The summed E-state index contributed by atoms with van der Waals surface area (Å²) in [4.78, 5) is 3.80. The molecule has 42 valence electrons. The van der Waals surface area contributed by atoms with Crippen LogP contribution in [-0.4, -0.2) is 12.6 Å². The molecule has 8 heavy (non-hydrogen) atoms. The zero-order chi connectivity index (χ0) is 5.82. The molecule has 1 rings (SSSR count). The topological polar surface area (TPSA) is 36.8 Å². The van der Waals surface area contributed by atoms with Crippen LogP contribution in [0.5, 0.6) is 0 Å². The van der Waals surface area contributed by atoms with E-state index in [-0.39, 0.29) is 0 Å². The summed E-state index contributed by atoms with van der Waals surface area (Å²) in [6.45, 7) is 1.95. The van der Waals surface area contributed by atoms with Crippen LogP contribution in [0.4, 0.5) is 0 Å². The largest absolute Gasteiger partial charge is 0.284 e. The van der Waals surface area contributed by atoms with Crippen LogP contribution >= 0.6 is 0 Å². The minimum Gasteiger partial charge on any atom is -0.284 e. The number of allylic oxidation sites excluding steroid dienone is 1. The lowest BCUT2D eigenvalue weighted by Gasteiger charge is -1.84. The van der Waals surface area contributed by atoms with E-state index in [1.54, 1.807) is 12.4 Å². The van der Waals surface area contributed by atoms with Gasteiger partial charge in [-0.25, -0.2) is 4.99 Å². The maximum Gasteiger partial charge on any atom is 0.135 e. The van der Waals surface area contributed by atoms with E-state index in [0.717, 1.165) is 5.57 Å². The summed E-state index contributed by atoms with van der Waals surface area (Å²) in [5, 5.41) is 3.67. The van der Waals surface area contributed by atoms with Gasteiger partial charge in [-0.2, -0.15) is 5.10 Å². The Balaban J connectivity index is 2.69. The fourth-order valence-corrected chi connectivity index (χ4v) is 0.394. The highest BCUT2D eigenvalue weighted by atomic mass is 15.3. The normalized spacial score (nSPS) is 16.9. The van der Waals surface area contributed by atoms with E-state index in [1.165, 1.54) is 6.34 Å². The zero-order valence-corrected chi connectivity index (χ0v) is 4.63. The second-order valence-electron chi connectivity index (χ2n) is 1.54. The van der Waals surface area contributed by atoms with Gasteiger partial charge >= 0.3 is 0 Å². The van der Waals surface area contributed by atoms with Crippen molar-refractivity contribution in [1.82, 2.24) is 5.43 Å². The fraction of sp³-hybridized carbons (Fsp3) is 0.200. The molecule has 0 fully saturated rings. The monoisotopic (exact) mass is 109 g/mol. The first-order valence-electron chi connectivity index (χ1n) is 2.36. The molecule has 1 aliphatic heterocycles. The van der Waals surface area contributed by atoms with Crippen LogP contribution < -0.4 is 5.43 Å². The van der Waals surface area contributed by atoms with Gasteiger partial charge in [0.15, 0.2) is 0 Å². The van der Waals surface area contributed by atoms with Crippen LogP contribution in [-0.2, 0) is 0 Å². The molecule has 0 saturated carbocycles. The average Bonchev–Trinajstić information content (AvgIpc) is 1.94. The Labute approximate surface area is 47.8 Å². The Morgan fingerprint density at radius 1 is 1.62 bits per heavy atom. The van der Waals surface area contributed by atoms with E-state index in [0.29, 0.717) is 0 Å². The molecule has 1 heterocycles. The summed E-state index contributed by atoms with van der Waals surface area (Å²) < 4.78 is 0. The van der Waals surface area contributed by atoms with Gasteiger partial charge in [0.1, 0.15) is 6.34 Å². The van der Waals surface area contributed by atoms with Crippen molar-refractivity contribution in [2.75, 3.05) is 0 Å². The number of hydrogen-bond acceptors (Lipinski definition) is 3. The van der Waals surface area contributed by atoms with Gasteiger partial charge in [-0.3, -0.25) is 5.43 Å². The van der Waals surface area contributed by atoms with Gasteiger partial charge in [-0.1, -0.05) is 0 Å². The molecule has 0 aromatic rings. The summed E-state index contributed by atoms with van der Waals surface area (Å²) in [6, 6.07) is 0. The lowest BCUT2D eigenvalue weighted by molar-refractivity contribution is 0.969. The highest BCUT2D eigenvalue weighted by Crippen LogP contribution is 1.85. The summed E-state index contributed by atoms with van der Waals surface area (Å²) in [5.41, 5.74) is 3.75. The standard InChI is InChI=1S/C5H7N3/c1-5-2-6-4-8-7-3-5/h2-4,7H,1H3. The van der Waals surface area contributed by atoms with E-state index in [2.05, 4.69) is 15.5 Å². The Morgan fingerprint density at radius 2 is 2.50 bits per heavy atom. The molecular weight excluding hydrogens is 102 g/mol. The lowest BCUT2D eigenvalue weighted by atomic mass is 10.4. The van der Waals surface area contributed by atoms with Gasteiger partial charge < -0.3 is 0 Å². The molecule has 0 unspecified atom stereocenters. The maximum atomic E-state index is 3.80. The SMILES string of the molecule is CC1=CNN=CN=C1. The number of hydrazone groups is 1. The van der Waals surface area contributed by atoms with Gasteiger partial charge in [0.05, 0.1) is 0 Å². The molecule has 0 bridgehead atoms. The summed E-state index contributed by atoms with van der Waals surface area (Å²) >= 11 is 0. The first-order chi connectivity index (χ1) is 3.89. The first kappa shape index (κ1) is 5.03. The van der Waals surface area contributed by atoms with Crippen molar-refractivity contribution in [2.24, 2.45) is 10.1 Å². The van der Waals surface area contributed by atoms with Crippen molar-refractivity contribution in [3.63, 3.8) is 0 Å². The van der Waals surface area contributed by atoms with E-state index in [1.807, 2.05) is 6.92 Å². The fourth-order valence-electron chi connectivity index (χ4n) is 0.394. The Kier molecular flexibility index (Phi) is 1.42. The van der Waals surface area contributed by atoms with Crippen molar-refractivity contribution in [3.05, 3.63) is 11.8 Å². The number of nitrogens with zero attached hydrogens (tertiary/aromatic N) is 2. The zero-order valence-electron chi connectivity index (χ0n) is 4.63. The molecule has 0 spiro atoms. The third-order valence-corrected chi connectivity index (χ3v) is 0.769. The van der Waals surface area contributed by atoms with E-state index < -0.39 is 0 Å². The van der Waals surface area contributed by atoms with Crippen LogP contribution in [0, 0.1) is 0 Å². The highest BCUT2D eigenvalue weighted by Gasteiger charge is 1.81. The first-order valence-corrected chi connectivity index (χ1v) is 2.36. The maximum absolute atomic E-state index is 3.80. The molecule has 3 heteroatoms. The predicted octanol–water partition coefficient (Wildman–Crippen LogP) is 0.508. The van der Waals surface area contributed by atoms with Crippen molar-refractivity contribution >= 4 is 12.6 Å². The van der Waals surface area contributed by atoms with Crippen LogP contribution in [0.3, 0.4) is 0 Å². The van der Waals surface area contributed by atoms with Crippen LogP contribution in [0.25, 0.3) is 0 Å². The quantitative estimate of drug-likeness (QED) is 0.483. The highest BCUT2D eigenvalue weighted by molar-refractivity contribution is 5.84. The van der Waals surface area contributed by atoms with Gasteiger partial charge in [-0.15, -0.1) is 0 Å². The third kappa shape index (κ3) is 1.18. The molecule has 0 amide bonds. The molecule has 0 saturated heterocycles. The van der Waals surface area contributed by atoms with Crippen LogP contribution in [0.1, 0.15) is 6.92 Å². The Hall–Kier alpha value is -1.12. The van der Waals surface area contributed by atoms with Crippen LogP contribution in [0.15, 0.2) is 21.9 Å². The summed E-state index contributed by atoms with van der Waals surface area (Å²) in [6.07, 6.45) is 4.99. The van der Waals surface area contributed by atoms with Gasteiger partial charge in [0, 0.05) is 12.4 Å². The van der Waals surface area contributed by atoms with Gasteiger partial charge in [0.25, 0.3) is 0 Å². The summed E-state index contributed by atoms with van der Waals surface area (Å²) in [7, 11) is 0. The minimum absolute atomic E-state index is 1.07. The Morgan fingerprint density at radius 3 is 3.38 bits per heavy atom. The smallest absolute Gasteiger partial charge is 0.135 e. The average molecular weight is 109 g/mol. The molecule has 0 aromatic heterocycles. The molecule has 0 aromatic carbocycles. The molecule has 1 N–H and O–H groups in total. The van der Waals surface area contributed by atoms with E-state index in [4.69, 9.17) is 0 Å². The minimum atomic E-state index is 1.07. The lowest BCUT2D eigenvalue weighted by Crippen LogP contribution is -1.91. The van der Waals surface area contributed by atoms with Crippen LogP contribution in [0.2, 0.25) is 0 Å². The predicted molar refractivity (Wildman–Crippen MR) is 33.9 cm³/mol. The van der Waals surface area contributed by atoms with Crippen molar-refractivity contribution in [2.45, 2.75) is 6.92 Å². The van der Waals surface area contributed by atoms with Crippen molar-refractivity contribution in [3.8, 4) is 0 Å². The number of rotatable bonds is 0. The van der Waals surface area contributed by atoms with Gasteiger partial charge in [0.2, 0.25) is 0 Å². The second kappa shape index (κ2) is 2.26. The third-order valence-electron chi connectivity index (χ3n) is 0.769. The van der Waals surface area contributed by atoms with E-state index >= 15 is 0 Å². The van der Waals surface area contributed by atoms with E-state index in [9.17, 15) is 0 Å². The van der Waals surface area contributed by atoms with Crippen molar-refractivity contribution in [1.29, 1.82) is 0 Å². The molecular formula is C5H7N3. The second-order valence-corrected chi connectivity index (χ2v) is 1.54. The number of hydrogen-bond donors (Lipinski definition) is 1. The number of nitrogens with one attached hydrogen (secondary N) is 1.